The van der Waals surface area contributed by atoms with Crippen LogP contribution in [-0.2, 0) is 0 Å². The number of likely N-dealkylation sites (N-methyl/N-ethyl adjacent to an activating group) is 1. The molecular weight excluding hydrogens is 202 g/mol. The molecule has 1 heterocycles. The Morgan fingerprint density at radius 2 is 1.75 bits per heavy atom. The van der Waals surface area contributed by atoms with Gasteiger partial charge in [0.15, 0.2) is 0 Å². The van der Waals surface area contributed by atoms with Gasteiger partial charge in [0.1, 0.15) is 0 Å². The fourth-order valence-electron chi connectivity index (χ4n) is 2.14. The molecule has 4 nitrogen and oxygen atoms in total. The van der Waals surface area contributed by atoms with Crippen LogP contribution in [0.25, 0.3) is 0 Å². The van der Waals surface area contributed by atoms with Crippen molar-refractivity contribution < 1.29 is 5.11 Å². The van der Waals surface area contributed by atoms with Crippen LogP contribution in [-0.4, -0.2) is 73.4 Å². The van der Waals surface area contributed by atoms with E-state index in [4.69, 9.17) is 0 Å². The van der Waals surface area contributed by atoms with Gasteiger partial charge in [-0.05, 0) is 19.5 Å². The molecule has 16 heavy (non-hydrogen) atoms. The molecule has 2 N–H and O–H groups in total. The Morgan fingerprint density at radius 1 is 1.12 bits per heavy atom. The molecule has 96 valence electrons. The largest absolute Gasteiger partial charge is 0.395 e. The highest BCUT2D eigenvalue weighted by molar-refractivity contribution is 4.76. The Balaban J connectivity index is 2.20. The molecule has 1 rings (SSSR count). The van der Waals surface area contributed by atoms with Crippen LogP contribution in [0.15, 0.2) is 0 Å². The first-order valence-corrected chi connectivity index (χ1v) is 6.59. The Morgan fingerprint density at radius 3 is 2.25 bits per heavy atom. The van der Waals surface area contributed by atoms with Crippen LogP contribution >= 0.6 is 0 Å². The molecule has 0 saturated carbocycles. The SMILES string of the molecule is CCCNC(CO)CN1CCN(CC)CC1. The normalized spacial score (nSPS) is 21.2. The van der Waals surface area contributed by atoms with Crippen LogP contribution in [0, 0.1) is 0 Å². The molecule has 0 aromatic rings. The Bertz CT molecular complexity index is 170. The summed E-state index contributed by atoms with van der Waals surface area (Å²) in [6.07, 6.45) is 1.13. The third-order valence-corrected chi connectivity index (χ3v) is 3.29. The zero-order chi connectivity index (χ0) is 11.8. The second-order valence-electron chi connectivity index (χ2n) is 4.57. The minimum atomic E-state index is 0.244. The molecule has 1 aliphatic heterocycles. The molecular formula is C12H27N3O. The van der Waals surface area contributed by atoms with E-state index in [-0.39, 0.29) is 12.6 Å². The molecule has 0 aromatic heterocycles. The molecule has 1 atom stereocenters. The summed E-state index contributed by atoms with van der Waals surface area (Å²) in [5.74, 6) is 0. The third kappa shape index (κ3) is 4.78. The average Bonchev–Trinajstić information content (AvgIpc) is 2.35. The van der Waals surface area contributed by atoms with Crippen molar-refractivity contribution in [1.82, 2.24) is 15.1 Å². The molecule has 0 aliphatic carbocycles. The minimum Gasteiger partial charge on any atom is -0.395 e. The summed E-state index contributed by atoms with van der Waals surface area (Å²) in [5.41, 5.74) is 0. The van der Waals surface area contributed by atoms with Crippen LogP contribution in [0.4, 0.5) is 0 Å². The van der Waals surface area contributed by atoms with Crippen molar-refractivity contribution in [2.24, 2.45) is 0 Å². The van der Waals surface area contributed by atoms with E-state index in [1.807, 2.05) is 0 Å². The molecule has 0 radical (unpaired) electrons. The van der Waals surface area contributed by atoms with Crippen molar-refractivity contribution in [3.05, 3.63) is 0 Å². The average molecular weight is 229 g/mol. The highest BCUT2D eigenvalue weighted by atomic mass is 16.3. The first-order chi connectivity index (χ1) is 7.80. The molecule has 4 heteroatoms. The van der Waals surface area contributed by atoms with Crippen LogP contribution < -0.4 is 5.32 Å². The Labute approximate surface area is 99.6 Å². The lowest BCUT2D eigenvalue weighted by molar-refractivity contribution is 0.113. The summed E-state index contributed by atoms with van der Waals surface area (Å²) in [4.78, 5) is 4.93. The van der Waals surface area contributed by atoms with Gasteiger partial charge < -0.3 is 15.3 Å². The molecule has 1 saturated heterocycles. The van der Waals surface area contributed by atoms with E-state index < -0.39 is 0 Å². The van der Waals surface area contributed by atoms with Crippen molar-refractivity contribution in [2.75, 3.05) is 52.4 Å². The molecule has 1 unspecified atom stereocenters. The molecule has 1 aliphatic rings. The molecule has 0 bridgehead atoms. The van der Waals surface area contributed by atoms with E-state index >= 15 is 0 Å². The van der Waals surface area contributed by atoms with Gasteiger partial charge in [-0.2, -0.15) is 0 Å². The molecule has 0 aromatic carbocycles. The van der Waals surface area contributed by atoms with Crippen LogP contribution in [0.1, 0.15) is 20.3 Å². The lowest BCUT2D eigenvalue weighted by Crippen LogP contribution is -2.51. The fourth-order valence-corrected chi connectivity index (χ4v) is 2.14. The summed E-state index contributed by atoms with van der Waals surface area (Å²) in [6, 6.07) is 0.244. The van der Waals surface area contributed by atoms with Crippen LogP contribution in [0.5, 0.6) is 0 Å². The zero-order valence-electron chi connectivity index (χ0n) is 10.8. The minimum absolute atomic E-state index is 0.244. The molecule has 1 fully saturated rings. The number of aliphatic hydroxyl groups excluding tert-OH is 1. The summed E-state index contributed by atoms with van der Waals surface area (Å²) in [6.45, 7) is 12.4. The summed E-state index contributed by atoms with van der Waals surface area (Å²) in [7, 11) is 0. The van der Waals surface area contributed by atoms with Crippen molar-refractivity contribution in [1.29, 1.82) is 0 Å². The number of nitrogens with one attached hydrogen (secondary N) is 1. The standard InChI is InChI=1S/C12H27N3O/c1-3-5-13-12(11-16)10-15-8-6-14(4-2)7-9-15/h12-13,16H,3-11H2,1-2H3. The highest BCUT2D eigenvalue weighted by Gasteiger charge is 2.18. The van der Waals surface area contributed by atoms with E-state index in [1.165, 1.54) is 13.1 Å². The third-order valence-electron chi connectivity index (χ3n) is 3.29. The van der Waals surface area contributed by atoms with Gasteiger partial charge in [0.25, 0.3) is 0 Å². The number of hydrogen-bond acceptors (Lipinski definition) is 4. The van der Waals surface area contributed by atoms with Gasteiger partial charge in [0.2, 0.25) is 0 Å². The summed E-state index contributed by atoms with van der Waals surface area (Å²) in [5, 5.41) is 12.7. The van der Waals surface area contributed by atoms with Gasteiger partial charge in [-0.15, -0.1) is 0 Å². The van der Waals surface area contributed by atoms with Crippen molar-refractivity contribution in [3.8, 4) is 0 Å². The number of aliphatic hydroxyl groups is 1. The van der Waals surface area contributed by atoms with Gasteiger partial charge >= 0.3 is 0 Å². The first-order valence-electron chi connectivity index (χ1n) is 6.59. The van der Waals surface area contributed by atoms with E-state index in [0.717, 1.165) is 39.1 Å². The highest BCUT2D eigenvalue weighted by Crippen LogP contribution is 2.02. The van der Waals surface area contributed by atoms with Gasteiger partial charge in [0, 0.05) is 38.8 Å². The predicted octanol–water partition coefficient (Wildman–Crippen LogP) is -0.0156. The zero-order valence-corrected chi connectivity index (χ0v) is 10.8. The Kier molecular flexibility index (Phi) is 6.96. The summed E-state index contributed by atoms with van der Waals surface area (Å²) >= 11 is 0. The maximum Gasteiger partial charge on any atom is 0.0597 e. The van der Waals surface area contributed by atoms with E-state index in [2.05, 4.69) is 29.0 Å². The van der Waals surface area contributed by atoms with Gasteiger partial charge in [-0.25, -0.2) is 0 Å². The lowest BCUT2D eigenvalue weighted by atomic mass is 10.2. The quantitative estimate of drug-likeness (QED) is 0.644. The Hall–Kier alpha value is -0.160. The van der Waals surface area contributed by atoms with Crippen molar-refractivity contribution >= 4 is 0 Å². The number of piperazine rings is 1. The van der Waals surface area contributed by atoms with E-state index in [0.29, 0.717) is 0 Å². The van der Waals surface area contributed by atoms with Gasteiger partial charge in [-0.1, -0.05) is 13.8 Å². The monoisotopic (exact) mass is 229 g/mol. The topological polar surface area (TPSA) is 38.7 Å². The van der Waals surface area contributed by atoms with Gasteiger partial charge in [0.05, 0.1) is 6.61 Å². The lowest BCUT2D eigenvalue weighted by Gasteiger charge is -2.35. The fraction of sp³-hybridized carbons (Fsp3) is 1.00. The second-order valence-corrected chi connectivity index (χ2v) is 4.57. The van der Waals surface area contributed by atoms with Crippen molar-refractivity contribution in [3.63, 3.8) is 0 Å². The van der Waals surface area contributed by atoms with Gasteiger partial charge in [-0.3, -0.25) is 4.90 Å². The van der Waals surface area contributed by atoms with Crippen LogP contribution in [0.2, 0.25) is 0 Å². The second kappa shape index (κ2) is 8.01. The maximum absolute atomic E-state index is 9.28. The number of rotatable bonds is 7. The molecule has 0 spiro atoms. The maximum atomic E-state index is 9.28. The van der Waals surface area contributed by atoms with E-state index in [9.17, 15) is 5.11 Å². The molecule has 0 amide bonds. The summed E-state index contributed by atoms with van der Waals surface area (Å²) < 4.78 is 0. The first kappa shape index (κ1) is 13.9. The number of nitrogens with zero attached hydrogens (tertiary/aromatic N) is 2. The van der Waals surface area contributed by atoms with Crippen molar-refractivity contribution in [2.45, 2.75) is 26.3 Å². The number of hydrogen-bond donors (Lipinski definition) is 2. The predicted molar refractivity (Wildman–Crippen MR) is 67.7 cm³/mol. The smallest absolute Gasteiger partial charge is 0.0597 e. The van der Waals surface area contributed by atoms with Crippen LogP contribution in [0.3, 0.4) is 0 Å². The van der Waals surface area contributed by atoms with E-state index in [1.54, 1.807) is 0 Å².